The monoisotopic (exact) mass is 535 g/mol. The van der Waals surface area contributed by atoms with Gasteiger partial charge in [0.15, 0.2) is 11.6 Å². The molecule has 13 heteroatoms. The number of carbonyl (C=O) groups is 2. The van der Waals surface area contributed by atoms with Crippen LogP contribution in [-0.4, -0.2) is 36.5 Å². The molecule has 2 aromatic carbocycles. The zero-order chi connectivity index (χ0) is 27.9. The highest BCUT2D eigenvalue weighted by Gasteiger charge is 2.36. The van der Waals surface area contributed by atoms with Crippen molar-refractivity contribution >= 4 is 28.7 Å². The van der Waals surface area contributed by atoms with Crippen LogP contribution in [0.1, 0.15) is 31.8 Å². The van der Waals surface area contributed by atoms with Gasteiger partial charge in [-0.25, -0.2) is 24.0 Å². The SMILES string of the molecule is Cc1ccccc1-n1nc2cc(C(N)=O)cnc2c1NC(=O)c1cc(-c2ncccn2)c(C(F)(F)F)cc1F. The third kappa shape index (κ3) is 4.77. The quantitative estimate of drug-likeness (QED) is 0.314. The summed E-state index contributed by atoms with van der Waals surface area (Å²) in [7, 11) is 0. The number of hydrogen-bond acceptors (Lipinski definition) is 6. The number of alkyl halides is 3. The van der Waals surface area contributed by atoms with Crippen molar-refractivity contribution in [2.75, 3.05) is 5.32 Å². The maximum Gasteiger partial charge on any atom is 0.417 e. The van der Waals surface area contributed by atoms with Crippen LogP contribution < -0.4 is 11.1 Å². The van der Waals surface area contributed by atoms with E-state index in [2.05, 4.69) is 25.4 Å². The Morgan fingerprint density at radius 3 is 2.38 bits per heavy atom. The van der Waals surface area contributed by atoms with Crippen LogP contribution in [0.25, 0.3) is 28.1 Å². The number of amides is 2. The second-order valence-electron chi connectivity index (χ2n) is 8.40. The summed E-state index contributed by atoms with van der Waals surface area (Å²) in [6.07, 6.45) is -1.30. The van der Waals surface area contributed by atoms with Gasteiger partial charge in [-0.05, 0) is 42.8 Å². The Morgan fingerprint density at radius 1 is 1.00 bits per heavy atom. The highest BCUT2D eigenvalue weighted by atomic mass is 19.4. The van der Waals surface area contributed by atoms with Crippen LogP contribution in [0.5, 0.6) is 0 Å². The topological polar surface area (TPSA) is 129 Å². The summed E-state index contributed by atoms with van der Waals surface area (Å²) < 4.78 is 57.5. The molecule has 0 saturated carbocycles. The van der Waals surface area contributed by atoms with E-state index in [0.29, 0.717) is 5.69 Å². The van der Waals surface area contributed by atoms with Crippen molar-refractivity contribution in [1.82, 2.24) is 24.7 Å². The van der Waals surface area contributed by atoms with E-state index in [-0.39, 0.29) is 34.3 Å². The van der Waals surface area contributed by atoms with E-state index in [1.54, 1.807) is 31.2 Å². The second kappa shape index (κ2) is 9.59. The predicted octanol–water partition coefficient (Wildman–Crippen LogP) is 4.70. The highest BCUT2D eigenvalue weighted by molar-refractivity contribution is 6.09. The van der Waals surface area contributed by atoms with Gasteiger partial charge in [0, 0.05) is 24.2 Å². The standard InChI is InChI=1S/C26H17F4N7O2/c1-13-5-2-3-6-20(13)37-24(21-19(36-37)9-14(12-34-21)22(31)38)35-25(39)16-10-15(23-32-7-4-8-33-23)17(11-18(16)27)26(28,29)30/h2-12H,1H3,(H2,31,38)(H,35,39). The molecule has 9 nitrogen and oxygen atoms in total. The third-order valence-electron chi connectivity index (χ3n) is 5.84. The summed E-state index contributed by atoms with van der Waals surface area (Å²) in [5.41, 5.74) is 4.42. The molecule has 0 bridgehead atoms. The molecule has 0 atom stereocenters. The smallest absolute Gasteiger partial charge is 0.366 e. The molecular weight excluding hydrogens is 518 g/mol. The van der Waals surface area contributed by atoms with Gasteiger partial charge in [0.05, 0.1) is 22.4 Å². The lowest BCUT2D eigenvalue weighted by molar-refractivity contribution is -0.137. The Morgan fingerprint density at radius 2 is 1.72 bits per heavy atom. The molecule has 3 N–H and O–H groups in total. The lowest BCUT2D eigenvalue weighted by atomic mass is 10.0. The van der Waals surface area contributed by atoms with Crippen molar-refractivity contribution < 1.29 is 27.2 Å². The van der Waals surface area contributed by atoms with Gasteiger partial charge in [0.25, 0.3) is 5.91 Å². The molecule has 2 amide bonds. The summed E-state index contributed by atoms with van der Waals surface area (Å²) in [5.74, 6) is -3.57. The van der Waals surface area contributed by atoms with Crippen molar-refractivity contribution in [2.24, 2.45) is 5.73 Å². The first-order valence-corrected chi connectivity index (χ1v) is 11.3. The Kier molecular flexibility index (Phi) is 6.26. The average Bonchev–Trinajstić information content (AvgIpc) is 3.25. The number of nitrogens with two attached hydrogens (primary N) is 1. The van der Waals surface area contributed by atoms with E-state index in [9.17, 15) is 22.8 Å². The molecule has 39 heavy (non-hydrogen) atoms. The molecule has 3 heterocycles. The van der Waals surface area contributed by atoms with E-state index >= 15 is 4.39 Å². The van der Waals surface area contributed by atoms with Gasteiger partial charge in [-0.1, -0.05) is 18.2 Å². The van der Waals surface area contributed by atoms with Crippen molar-refractivity contribution in [3.8, 4) is 17.1 Å². The number of aryl methyl sites for hydroxylation is 1. The molecular formula is C26H17F4N7O2. The maximum absolute atomic E-state index is 15.0. The van der Waals surface area contributed by atoms with Crippen molar-refractivity contribution in [3.63, 3.8) is 0 Å². The van der Waals surface area contributed by atoms with Gasteiger partial charge >= 0.3 is 6.18 Å². The molecule has 0 radical (unpaired) electrons. The molecule has 5 aromatic rings. The van der Waals surface area contributed by atoms with Crippen LogP contribution in [-0.2, 0) is 6.18 Å². The number of pyridine rings is 1. The molecule has 0 aliphatic rings. The number of carbonyl (C=O) groups excluding carboxylic acids is 2. The Labute approximate surface area is 217 Å². The molecule has 0 aliphatic carbocycles. The van der Waals surface area contributed by atoms with E-state index < -0.39 is 40.5 Å². The molecule has 0 spiro atoms. The first kappa shape index (κ1) is 25.4. The van der Waals surface area contributed by atoms with E-state index in [0.717, 1.165) is 11.6 Å². The molecule has 5 rings (SSSR count). The molecule has 196 valence electrons. The van der Waals surface area contributed by atoms with E-state index in [1.165, 1.54) is 35.4 Å². The van der Waals surface area contributed by atoms with Gasteiger partial charge < -0.3 is 11.1 Å². The minimum absolute atomic E-state index is 0.00266. The third-order valence-corrected chi connectivity index (χ3v) is 5.84. The van der Waals surface area contributed by atoms with Crippen LogP contribution in [0.3, 0.4) is 0 Å². The van der Waals surface area contributed by atoms with Crippen LogP contribution >= 0.6 is 0 Å². The second-order valence-corrected chi connectivity index (χ2v) is 8.40. The maximum atomic E-state index is 15.0. The fraction of sp³-hybridized carbons (Fsp3) is 0.0769. The van der Waals surface area contributed by atoms with Crippen molar-refractivity contribution in [2.45, 2.75) is 13.1 Å². The fourth-order valence-electron chi connectivity index (χ4n) is 3.97. The summed E-state index contributed by atoms with van der Waals surface area (Å²) in [6.45, 7) is 1.79. The number of halogens is 4. The minimum atomic E-state index is -4.94. The Balaban J connectivity index is 1.66. The molecule has 0 unspecified atom stereocenters. The summed E-state index contributed by atoms with van der Waals surface area (Å²) in [4.78, 5) is 36.9. The first-order chi connectivity index (χ1) is 18.5. The molecule has 3 aromatic heterocycles. The van der Waals surface area contributed by atoms with Gasteiger partial charge in [0.2, 0.25) is 5.91 Å². The Hall–Kier alpha value is -5.20. The van der Waals surface area contributed by atoms with E-state index in [1.807, 2.05) is 0 Å². The number of nitrogens with zero attached hydrogens (tertiary/aromatic N) is 5. The number of aromatic nitrogens is 5. The number of para-hydroxylation sites is 1. The number of primary amides is 1. The number of nitrogens with one attached hydrogen (secondary N) is 1. The Bertz CT molecular complexity index is 1750. The lowest BCUT2D eigenvalue weighted by Crippen LogP contribution is -2.19. The van der Waals surface area contributed by atoms with Crippen LogP contribution in [0.4, 0.5) is 23.4 Å². The van der Waals surface area contributed by atoms with Crippen LogP contribution in [0.15, 0.2) is 67.1 Å². The average molecular weight is 535 g/mol. The number of anilines is 1. The van der Waals surface area contributed by atoms with Crippen molar-refractivity contribution in [3.05, 3.63) is 95.2 Å². The van der Waals surface area contributed by atoms with Gasteiger partial charge in [-0.15, -0.1) is 0 Å². The van der Waals surface area contributed by atoms with Crippen molar-refractivity contribution in [1.29, 1.82) is 0 Å². The molecule has 0 fully saturated rings. The van der Waals surface area contributed by atoms with E-state index in [4.69, 9.17) is 5.73 Å². The number of rotatable bonds is 5. The lowest BCUT2D eigenvalue weighted by Gasteiger charge is -2.15. The zero-order valence-electron chi connectivity index (χ0n) is 20.0. The van der Waals surface area contributed by atoms with Crippen LogP contribution in [0, 0.1) is 12.7 Å². The predicted molar refractivity (Wildman–Crippen MR) is 133 cm³/mol. The van der Waals surface area contributed by atoms with Gasteiger partial charge in [0.1, 0.15) is 16.9 Å². The highest BCUT2D eigenvalue weighted by Crippen LogP contribution is 2.38. The normalized spacial score (nSPS) is 11.5. The largest absolute Gasteiger partial charge is 0.417 e. The number of benzene rings is 2. The van der Waals surface area contributed by atoms with Gasteiger partial charge in [-0.3, -0.25) is 9.59 Å². The minimum Gasteiger partial charge on any atom is -0.366 e. The summed E-state index contributed by atoms with van der Waals surface area (Å²) in [6, 6.07) is 10.8. The molecule has 0 aliphatic heterocycles. The number of hydrogen-bond donors (Lipinski definition) is 2. The fourth-order valence-corrected chi connectivity index (χ4v) is 3.97. The number of fused-ring (bicyclic) bond motifs is 1. The zero-order valence-corrected chi connectivity index (χ0v) is 20.0. The molecule has 0 saturated heterocycles. The summed E-state index contributed by atoms with van der Waals surface area (Å²) in [5, 5.41) is 6.96. The van der Waals surface area contributed by atoms with Crippen LogP contribution in [0.2, 0.25) is 0 Å². The summed E-state index contributed by atoms with van der Waals surface area (Å²) >= 11 is 0. The first-order valence-electron chi connectivity index (χ1n) is 11.3. The van der Waals surface area contributed by atoms with Gasteiger partial charge in [-0.2, -0.15) is 18.3 Å².